The molecule has 1 aliphatic carbocycles. The quantitative estimate of drug-likeness (QED) is 0.548. The van der Waals surface area contributed by atoms with Crippen LogP contribution in [0, 0.1) is 5.41 Å². The molecule has 1 aliphatic rings. The Morgan fingerprint density at radius 3 is 2.88 bits per heavy atom. The lowest BCUT2D eigenvalue weighted by Crippen LogP contribution is -2.13. The van der Waals surface area contributed by atoms with E-state index >= 15 is 0 Å². The van der Waals surface area contributed by atoms with E-state index < -0.39 is 11.1 Å². The Balaban J connectivity index is 2.04. The topological polar surface area (TPSA) is 98.2 Å². The minimum Gasteiger partial charge on any atom is -0.395 e. The highest BCUT2D eigenvalue weighted by Crippen LogP contribution is 2.50. The van der Waals surface area contributed by atoms with Crippen LogP contribution in [0.15, 0.2) is 28.8 Å². The summed E-state index contributed by atoms with van der Waals surface area (Å²) < 4.78 is 0. The minimum absolute atomic E-state index is 0.0656. The molecule has 0 aromatic carbocycles. The maximum atomic E-state index is 10.9. The van der Waals surface area contributed by atoms with Crippen LogP contribution >= 0.6 is 0 Å². The fourth-order valence-electron chi connectivity index (χ4n) is 1.51. The summed E-state index contributed by atoms with van der Waals surface area (Å²) in [5.74, 6) is 0.532. The molecular formula is C10H13N3O3. The summed E-state index contributed by atoms with van der Waals surface area (Å²) in [6.45, 7) is -0.131. The van der Waals surface area contributed by atoms with Gasteiger partial charge in [-0.25, -0.2) is 9.78 Å². The maximum Gasteiger partial charge on any atom is 0.346 e. The van der Waals surface area contributed by atoms with Crippen LogP contribution in [0.2, 0.25) is 0 Å². The van der Waals surface area contributed by atoms with Gasteiger partial charge in [0.1, 0.15) is 5.82 Å². The number of hydrogen-bond acceptors (Lipinski definition) is 5. The average molecular weight is 223 g/mol. The molecule has 1 heterocycles. The van der Waals surface area contributed by atoms with E-state index in [4.69, 9.17) is 10.2 Å². The molecule has 0 unspecified atom stereocenters. The first kappa shape index (κ1) is 10.8. The third-order valence-corrected chi connectivity index (χ3v) is 2.77. The molecule has 0 radical (unpaired) electrons. The summed E-state index contributed by atoms with van der Waals surface area (Å²) >= 11 is 0. The fourth-order valence-corrected chi connectivity index (χ4v) is 1.51. The lowest BCUT2D eigenvalue weighted by molar-refractivity contribution is 0.143. The largest absolute Gasteiger partial charge is 0.395 e. The van der Waals surface area contributed by atoms with Crippen LogP contribution in [0.5, 0.6) is 0 Å². The van der Waals surface area contributed by atoms with Crippen LogP contribution in [0.4, 0.5) is 5.82 Å². The van der Waals surface area contributed by atoms with Gasteiger partial charge in [0.15, 0.2) is 0 Å². The van der Waals surface area contributed by atoms with Gasteiger partial charge in [-0.3, -0.25) is 4.98 Å². The van der Waals surface area contributed by atoms with Crippen molar-refractivity contribution in [2.45, 2.75) is 6.42 Å². The summed E-state index contributed by atoms with van der Waals surface area (Å²) in [4.78, 5) is 16.9. The molecule has 0 spiro atoms. The molecule has 2 rings (SSSR count). The van der Waals surface area contributed by atoms with Crippen molar-refractivity contribution in [3.05, 3.63) is 34.5 Å². The molecular weight excluding hydrogens is 210 g/mol. The van der Waals surface area contributed by atoms with Crippen LogP contribution < -0.4 is 11.0 Å². The molecule has 0 amide bonds. The van der Waals surface area contributed by atoms with Crippen molar-refractivity contribution in [1.29, 1.82) is 0 Å². The van der Waals surface area contributed by atoms with Crippen LogP contribution in [-0.4, -0.2) is 33.4 Å². The number of rotatable bonds is 4. The molecule has 0 bridgehead atoms. The number of aliphatic hydroxyl groups is 2. The average Bonchev–Trinajstić information content (AvgIpc) is 3.01. The monoisotopic (exact) mass is 223 g/mol. The van der Waals surface area contributed by atoms with Gasteiger partial charge >= 0.3 is 5.69 Å². The molecule has 1 saturated carbocycles. The van der Waals surface area contributed by atoms with Gasteiger partial charge in [0, 0.05) is 17.8 Å². The standard InChI is InChI=1S/C10H13N3O3/c14-5-10(6-15)3-7(10)4-12-8-1-2-11-9(16)13-8/h1-2,4,14-15H,3,5-6H2,(H2,11,12,13,16)/b7-4-. The first-order valence-corrected chi connectivity index (χ1v) is 4.93. The zero-order valence-electron chi connectivity index (χ0n) is 8.60. The van der Waals surface area contributed by atoms with Gasteiger partial charge in [-0.05, 0) is 18.1 Å². The highest BCUT2D eigenvalue weighted by molar-refractivity contribution is 5.42. The molecule has 6 heteroatoms. The Kier molecular flexibility index (Phi) is 2.76. The van der Waals surface area contributed by atoms with Crippen molar-refractivity contribution in [2.24, 2.45) is 5.41 Å². The lowest BCUT2D eigenvalue weighted by Gasteiger charge is -2.05. The first-order chi connectivity index (χ1) is 7.70. The van der Waals surface area contributed by atoms with Gasteiger partial charge in [-0.15, -0.1) is 0 Å². The maximum absolute atomic E-state index is 10.9. The number of nitrogens with one attached hydrogen (secondary N) is 2. The molecule has 0 saturated heterocycles. The van der Waals surface area contributed by atoms with E-state index in [9.17, 15) is 4.79 Å². The van der Waals surface area contributed by atoms with Crippen LogP contribution in [0.3, 0.4) is 0 Å². The van der Waals surface area contributed by atoms with Crippen molar-refractivity contribution in [3.8, 4) is 0 Å². The predicted octanol–water partition coefficient (Wildman–Crippen LogP) is -0.560. The molecule has 0 aliphatic heterocycles. The van der Waals surface area contributed by atoms with Crippen molar-refractivity contribution < 1.29 is 10.2 Å². The van der Waals surface area contributed by atoms with Gasteiger partial charge in [0.05, 0.1) is 13.2 Å². The van der Waals surface area contributed by atoms with E-state index in [2.05, 4.69) is 15.3 Å². The van der Waals surface area contributed by atoms with Crippen molar-refractivity contribution >= 4 is 5.82 Å². The molecule has 1 aromatic heterocycles. The lowest BCUT2D eigenvalue weighted by atomic mass is 10.1. The van der Waals surface area contributed by atoms with E-state index in [1.54, 1.807) is 12.3 Å². The highest BCUT2D eigenvalue weighted by atomic mass is 16.3. The van der Waals surface area contributed by atoms with Crippen molar-refractivity contribution in [1.82, 2.24) is 9.97 Å². The Bertz CT molecular complexity index is 462. The number of hydrogen-bond donors (Lipinski definition) is 4. The highest BCUT2D eigenvalue weighted by Gasteiger charge is 2.47. The minimum atomic E-state index is -0.472. The van der Waals surface area contributed by atoms with Gasteiger partial charge in [-0.2, -0.15) is 0 Å². The summed E-state index contributed by atoms with van der Waals surface area (Å²) in [5, 5.41) is 21.0. The Hall–Kier alpha value is -1.66. The van der Waals surface area contributed by atoms with Crippen LogP contribution in [0.25, 0.3) is 0 Å². The van der Waals surface area contributed by atoms with Gasteiger partial charge in [0.2, 0.25) is 0 Å². The van der Waals surface area contributed by atoms with Gasteiger partial charge in [0.25, 0.3) is 0 Å². The molecule has 6 nitrogen and oxygen atoms in total. The number of H-pyrrole nitrogens is 1. The second-order valence-electron chi connectivity index (χ2n) is 3.88. The van der Waals surface area contributed by atoms with Crippen molar-refractivity contribution in [3.63, 3.8) is 0 Å². The number of anilines is 1. The third-order valence-electron chi connectivity index (χ3n) is 2.77. The van der Waals surface area contributed by atoms with Crippen molar-refractivity contribution in [2.75, 3.05) is 18.5 Å². The summed E-state index contributed by atoms with van der Waals surface area (Å²) in [6, 6.07) is 1.63. The zero-order chi connectivity index (χ0) is 11.6. The Morgan fingerprint density at radius 2 is 2.31 bits per heavy atom. The van der Waals surface area contributed by atoms with E-state index in [0.717, 1.165) is 5.57 Å². The second-order valence-corrected chi connectivity index (χ2v) is 3.88. The van der Waals surface area contributed by atoms with E-state index in [1.807, 2.05) is 0 Å². The molecule has 16 heavy (non-hydrogen) atoms. The SMILES string of the molecule is O=c1nccc(N/C=C2/CC2(CO)CO)[nH]1. The Morgan fingerprint density at radius 1 is 1.56 bits per heavy atom. The van der Waals surface area contributed by atoms with E-state index in [-0.39, 0.29) is 13.2 Å². The number of aliphatic hydroxyl groups excluding tert-OH is 2. The van der Waals surface area contributed by atoms with Crippen LogP contribution in [0.1, 0.15) is 6.42 Å². The summed E-state index contributed by atoms with van der Waals surface area (Å²) in [6.07, 6.45) is 3.76. The number of nitrogens with zero attached hydrogens (tertiary/aromatic N) is 1. The van der Waals surface area contributed by atoms with Gasteiger partial charge < -0.3 is 15.5 Å². The summed E-state index contributed by atoms with van der Waals surface area (Å²) in [7, 11) is 0. The first-order valence-electron chi connectivity index (χ1n) is 4.93. The molecule has 1 aromatic rings. The number of aromatic amines is 1. The van der Waals surface area contributed by atoms with E-state index in [1.165, 1.54) is 6.20 Å². The number of aromatic nitrogens is 2. The Labute approximate surface area is 91.7 Å². The van der Waals surface area contributed by atoms with E-state index in [0.29, 0.717) is 12.2 Å². The van der Waals surface area contributed by atoms with Crippen LogP contribution in [-0.2, 0) is 0 Å². The van der Waals surface area contributed by atoms with Gasteiger partial charge in [-0.1, -0.05) is 0 Å². The fraction of sp³-hybridized carbons (Fsp3) is 0.400. The normalized spacial score (nSPS) is 19.8. The zero-order valence-corrected chi connectivity index (χ0v) is 8.60. The molecule has 0 atom stereocenters. The smallest absolute Gasteiger partial charge is 0.346 e. The molecule has 1 fully saturated rings. The molecule has 86 valence electrons. The predicted molar refractivity (Wildman–Crippen MR) is 57.8 cm³/mol. The molecule has 4 N–H and O–H groups in total. The second kappa shape index (κ2) is 4.07. The third kappa shape index (κ3) is 1.98. The summed E-state index contributed by atoms with van der Waals surface area (Å²) in [5.41, 5.74) is 0.0466.